The summed E-state index contributed by atoms with van der Waals surface area (Å²) in [6.07, 6.45) is 3.65. The van der Waals surface area contributed by atoms with Crippen molar-refractivity contribution in [1.82, 2.24) is 9.97 Å². The summed E-state index contributed by atoms with van der Waals surface area (Å²) < 4.78 is 0. The van der Waals surface area contributed by atoms with Crippen LogP contribution in [0.2, 0.25) is 0 Å². The second-order valence-electron chi connectivity index (χ2n) is 4.03. The van der Waals surface area contributed by atoms with Crippen LogP contribution in [0.3, 0.4) is 0 Å². The normalized spacial score (nSPS) is 10.8. The van der Waals surface area contributed by atoms with E-state index in [1.54, 1.807) is 18.1 Å². The minimum Gasteiger partial charge on any atom is -0.308 e. The Bertz CT molecular complexity index is 328. The van der Waals surface area contributed by atoms with Crippen molar-refractivity contribution in [2.75, 3.05) is 11.2 Å². The molecule has 3 N–H and O–H groups in total. The molecule has 0 spiro atoms. The number of thioether (sulfide) groups is 1. The fraction of sp³-hybridized carbons (Fsp3) is 0.636. The average Bonchev–Trinajstić information content (AvgIpc) is 2.28. The van der Waals surface area contributed by atoms with Crippen molar-refractivity contribution in [1.29, 1.82) is 0 Å². The van der Waals surface area contributed by atoms with Gasteiger partial charge in [-0.1, -0.05) is 20.8 Å². The van der Waals surface area contributed by atoms with Crippen LogP contribution in [0.1, 0.15) is 32.8 Å². The van der Waals surface area contributed by atoms with Crippen molar-refractivity contribution in [3.8, 4) is 0 Å². The lowest BCUT2D eigenvalue weighted by atomic mass is 10.2. The molecule has 1 heterocycles. The van der Waals surface area contributed by atoms with Crippen LogP contribution < -0.4 is 11.3 Å². The van der Waals surface area contributed by atoms with Crippen LogP contribution in [0.5, 0.6) is 0 Å². The number of hydrogen-bond donors (Lipinski definition) is 2. The Morgan fingerprint density at radius 2 is 2.19 bits per heavy atom. The first-order valence-corrected chi connectivity index (χ1v) is 6.60. The molecule has 0 aliphatic heterocycles. The standard InChI is InChI=1S/C11H20N4S/c1-4-9-10(15-12)13-7-14-11(9)16-6-5-8(2)3/h7-8H,4-6,12H2,1-3H3,(H,13,14,15). The average molecular weight is 240 g/mol. The number of aromatic nitrogens is 2. The fourth-order valence-corrected chi connectivity index (χ4v) is 2.67. The Morgan fingerprint density at radius 3 is 2.75 bits per heavy atom. The smallest absolute Gasteiger partial charge is 0.147 e. The van der Waals surface area contributed by atoms with Gasteiger partial charge in [-0.25, -0.2) is 15.8 Å². The van der Waals surface area contributed by atoms with E-state index in [-0.39, 0.29) is 0 Å². The molecule has 16 heavy (non-hydrogen) atoms. The molecule has 0 aliphatic carbocycles. The highest BCUT2D eigenvalue weighted by atomic mass is 32.2. The monoisotopic (exact) mass is 240 g/mol. The van der Waals surface area contributed by atoms with Gasteiger partial charge in [0.05, 0.1) is 0 Å². The third-order valence-corrected chi connectivity index (χ3v) is 3.40. The molecule has 5 heteroatoms. The summed E-state index contributed by atoms with van der Waals surface area (Å²) in [5.41, 5.74) is 3.73. The minimum atomic E-state index is 0.728. The maximum atomic E-state index is 5.42. The molecule has 0 aromatic carbocycles. The second kappa shape index (κ2) is 6.70. The zero-order valence-electron chi connectivity index (χ0n) is 10.2. The van der Waals surface area contributed by atoms with Gasteiger partial charge < -0.3 is 5.43 Å². The van der Waals surface area contributed by atoms with E-state index in [2.05, 4.69) is 36.2 Å². The molecule has 0 amide bonds. The number of nitrogen functional groups attached to an aromatic ring is 1. The molecule has 1 aromatic rings. The van der Waals surface area contributed by atoms with Crippen molar-refractivity contribution in [2.24, 2.45) is 11.8 Å². The Kier molecular flexibility index (Phi) is 5.55. The zero-order chi connectivity index (χ0) is 12.0. The summed E-state index contributed by atoms with van der Waals surface area (Å²) in [6.45, 7) is 6.55. The fourth-order valence-electron chi connectivity index (χ4n) is 1.35. The highest BCUT2D eigenvalue weighted by Gasteiger charge is 2.09. The number of rotatable bonds is 6. The van der Waals surface area contributed by atoms with Gasteiger partial charge >= 0.3 is 0 Å². The molecule has 0 atom stereocenters. The van der Waals surface area contributed by atoms with E-state index in [1.165, 1.54) is 6.42 Å². The largest absolute Gasteiger partial charge is 0.308 e. The van der Waals surface area contributed by atoms with Gasteiger partial charge in [-0.05, 0) is 24.5 Å². The highest BCUT2D eigenvalue weighted by molar-refractivity contribution is 7.99. The van der Waals surface area contributed by atoms with Crippen LogP contribution in [0.25, 0.3) is 0 Å². The molecular formula is C11H20N4S. The van der Waals surface area contributed by atoms with Crippen molar-refractivity contribution in [2.45, 2.75) is 38.6 Å². The quantitative estimate of drug-likeness (QED) is 0.346. The summed E-state index contributed by atoms with van der Waals surface area (Å²) in [6, 6.07) is 0. The molecule has 0 radical (unpaired) electrons. The Morgan fingerprint density at radius 1 is 1.44 bits per heavy atom. The van der Waals surface area contributed by atoms with E-state index in [1.807, 2.05) is 0 Å². The maximum Gasteiger partial charge on any atom is 0.147 e. The number of nitrogens with zero attached hydrogens (tertiary/aromatic N) is 2. The third-order valence-electron chi connectivity index (χ3n) is 2.33. The summed E-state index contributed by atoms with van der Waals surface area (Å²) >= 11 is 1.78. The predicted octanol–water partition coefficient (Wildman–Crippen LogP) is 2.46. The second-order valence-corrected chi connectivity index (χ2v) is 5.12. The van der Waals surface area contributed by atoms with Crippen molar-refractivity contribution in [3.05, 3.63) is 11.9 Å². The first-order valence-electron chi connectivity index (χ1n) is 5.62. The van der Waals surface area contributed by atoms with Crippen LogP contribution in [0.4, 0.5) is 5.82 Å². The van der Waals surface area contributed by atoms with Gasteiger partial charge in [0.25, 0.3) is 0 Å². The molecule has 1 rings (SSSR count). The molecule has 1 aromatic heterocycles. The molecule has 0 aliphatic rings. The molecule has 0 saturated carbocycles. The van der Waals surface area contributed by atoms with Crippen LogP contribution >= 0.6 is 11.8 Å². The molecular weight excluding hydrogens is 220 g/mol. The molecule has 0 fully saturated rings. The Hall–Kier alpha value is -0.810. The lowest BCUT2D eigenvalue weighted by molar-refractivity contribution is 0.631. The minimum absolute atomic E-state index is 0.728. The molecule has 0 bridgehead atoms. The third kappa shape index (κ3) is 3.64. The number of hydrogen-bond acceptors (Lipinski definition) is 5. The topological polar surface area (TPSA) is 63.8 Å². The maximum absolute atomic E-state index is 5.42. The number of hydrazine groups is 1. The van der Waals surface area contributed by atoms with E-state index in [9.17, 15) is 0 Å². The summed E-state index contributed by atoms with van der Waals surface area (Å²) in [5.74, 6) is 7.98. The van der Waals surface area contributed by atoms with Gasteiger partial charge in [0.2, 0.25) is 0 Å². The van der Waals surface area contributed by atoms with Crippen LogP contribution in [-0.4, -0.2) is 15.7 Å². The lowest BCUT2D eigenvalue weighted by Crippen LogP contribution is -2.12. The molecule has 0 saturated heterocycles. The van der Waals surface area contributed by atoms with E-state index in [0.29, 0.717) is 0 Å². The summed E-state index contributed by atoms with van der Waals surface area (Å²) in [5, 5.41) is 1.05. The molecule has 90 valence electrons. The van der Waals surface area contributed by atoms with Gasteiger partial charge in [0, 0.05) is 5.56 Å². The first kappa shape index (κ1) is 13.3. The van der Waals surface area contributed by atoms with Crippen molar-refractivity contribution in [3.63, 3.8) is 0 Å². The van der Waals surface area contributed by atoms with Gasteiger partial charge in [0.1, 0.15) is 17.2 Å². The Balaban J connectivity index is 2.71. The number of nitrogens with one attached hydrogen (secondary N) is 1. The van der Waals surface area contributed by atoms with Crippen LogP contribution in [-0.2, 0) is 6.42 Å². The predicted molar refractivity (Wildman–Crippen MR) is 69.4 cm³/mol. The van der Waals surface area contributed by atoms with Crippen molar-refractivity contribution >= 4 is 17.6 Å². The van der Waals surface area contributed by atoms with Crippen LogP contribution in [0.15, 0.2) is 11.4 Å². The number of anilines is 1. The Labute approximate surface area is 101 Å². The molecule has 4 nitrogen and oxygen atoms in total. The summed E-state index contributed by atoms with van der Waals surface area (Å²) in [7, 11) is 0. The van der Waals surface area contributed by atoms with E-state index in [0.717, 1.165) is 34.5 Å². The lowest BCUT2D eigenvalue weighted by Gasteiger charge is -2.10. The van der Waals surface area contributed by atoms with Gasteiger partial charge in [-0.15, -0.1) is 11.8 Å². The van der Waals surface area contributed by atoms with Crippen molar-refractivity contribution < 1.29 is 0 Å². The molecule has 0 unspecified atom stereocenters. The first-order chi connectivity index (χ1) is 7.69. The highest BCUT2D eigenvalue weighted by Crippen LogP contribution is 2.26. The zero-order valence-corrected chi connectivity index (χ0v) is 11.0. The van der Waals surface area contributed by atoms with Gasteiger partial charge in [-0.3, -0.25) is 0 Å². The van der Waals surface area contributed by atoms with Crippen LogP contribution in [0, 0.1) is 5.92 Å². The summed E-state index contributed by atoms with van der Waals surface area (Å²) in [4.78, 5) is 8.42. The van der Waals surface area contributed by atoms with E-state index >= 15 is 0 Å². The van der Waals surface area contributed by atoms with E-state index in [4.69, 9.17) is 5.84 Å². The number of nitrogens with two attached hydrogens (primary N) is 1. The SMILES string of the molecule is CCc1c(NN)ncnc1SCCC(C)C. The van der Waals surface area contributed by atoms with E-state index < -0.39 is 0 Å². The van der Waals surface area contributed by atoms with Gasteiger partial charge in [-0.2, -0.15) is 0 Å². The van der Waals surface area contributed by atoms with Gasteiger partial charge in [0.15, 0.2) is 0 Å².